The maximum absolute atomic E-state index is 12.3. The zero-order valence-electron chi connectivity index (χ0n) is 12.5. The largest absolute Gasteiger partial charge is 0.455 e. The topological polar surface area (TPSA) is 43.1 Å². The minimum absolute atomic E-state index is 0.0255. The van der Waals surface area contributed by atoms with Gasteiger partial charge >= 0.3 is 0 Å². The van der Waals surface area contributed by atoms with Gasteiger partial charge in [-0.15, -0.1) is 11.3 Å². The molecule has 3 nitrogen and oxygen atoms in total. The number of aromatic nitrogens is 1. The molecule has 5 aromatic rings. The normalized spacial score (nSPS) is 11.5. The first-order chi connectivity index (χ1) is 11.8. The first-order valence-electron chi connectivity index (χ1n) is 7.60. The Labute approximate surface area is 140 Å². The highest BCUT2D eigenvalue weighted by molar-refractivity contribution is 7.21. The van der Waals surface area contributed by atoms with E-state index in [1.165, 1.54) is 11.3 Å². The van der Waals surface area contributed by atoms with Gasteiger partial charge < -0.3 is 4.42 Å². The molecule has 4 heteroatoms. The summed E-state index contributed by atoms with van der Waals surface area (Å²) >= 11 is 1.54. The van der Waals surface area contributed by atoms with Crippen LogP contribution in [0.2, 0.25) is 0 Å². The van der Waals surface area contributed by atoms with Crippen LogP contribution in [0.5, 0.6) is 0 Å². The Hall–Kier alpha value is -2.98. The van der Waals surface area contributed by atoms with Crippen LogP contribution in [0, 0.1) is 0 Å². The van der Waals surface area contributed by atoms with Crippen LogP contribution in [0.4, 0.5) is 0 Å². The summed E-state index contributed by atoms with van der Waals surface area (Å²) in [7, 11) is 0. The maximum Gasteiger partial charge on any atom is 0.193 e. The first-order valence-corrected chi connectivity index (χ1v) is 8.42. The number of benzene rings is 2. The highest BCUT2D eigenvalue weighted by Crippen LogP contribution is 2.34. The summed E-state index contributed by atoms with van der Waals surface area (Å²) in [4.78, 5) is 18.9. The van der Waals surface area contributed by atoms with Gasteiger partial charge in [0.05, 0.1) is 15.8 Å². The molecule has 0 radical (unpaired) electrons. The van der Waals surface area contributed by atoms with Crippen LogP contribution in [0.1, 0.15) is 0 Å². The average Bonchev–Trinajstić information content (AvgIpc) is 3.02. The van der Waals surface area contributed by atoms with Crippen molar-refractivity contribution < 1.29 is 4.42 Å². The second-order valence-electron chi connectivity index (χ2n) is 5.66. The number of thiophene rings is 1. The molecular formula is C20H11NO2S. The molecule has 2 aromatic carbocycles. The Bertz CT molecular complexity index is 1230. The lowest BCUT2D eigenvalue weighted by Gasteiger charge is -1.99. The SMILES string of the molecule is O=c1cc(-c2cc3cc4ccccc4nc3s2)oc2ccccc12. The van der Waals surface area contributed by atoms with Crippen molar-refractivity contribution in [1.82, 2.24) is 4.98 Å². The molecule has 3 aromatic heterocycles. The van der Waals surface area contributed by atoms with E-state index < -0.39 is 0 Å². The zero-order valence-corrected chi connectivity index (χ0v) is 13.3. The predicted octanol–water partition coefficient (Wildman–Crippen LogP) is 5.22. The number of para-hydroxylation sites is 2. The Morgan fingerprint density at radius 2 is 1.71 bits per heavy atom. The van der Waals surface area contributed by atoms with Crippen LogP contribution in [0.25, 0.3) is 42.7 Å². The molecular weight excluding hydrogens is 318 g/mol. The summed E-state index contributed by atoms with van der Waals surface area (Å²) in [6.45, 7) is 0. The average molecular weight is 329 g/mol. The van der Waals surface area contributed by atoms with E-state index in [1.807, 2.05) is 42.5 Å². The third kappa shape index (κ3) is 2.04. The number of pyridine rings is 1. The molecule has 0 atom stereocenters. The van der Waals surface area contributed by atoms with E-state index in [9.17, 15) is 4.79 Å². The van der Waals surface area contributed by atoms with Gasteiger partial charge in [-0.25, -0.2) is 4.98 Å². The number of hydrogen-bond acceptors (Lipinski definition) is 4. The van der Waals surface area contributed by atoms with Gasteiger partial charge in [0.1, 0.15) is 16.2 Å². The lowest BCUT2D eigenvalue weighted by molar-refractivity contribution is 0.620. The molecule has 0 N–H and O–H groups in total. The molecule has 0 aliphatic rings. The summed E-state index contributed by atoms with van der Waals surface area (Å²) in [6, 6.07) is 21.1. The molecule has 0 saturated heterocycles. The summed E-state index contributed by atoms with van der Waals surface area (Å²) in [5, 5.41) is 2.77. The van der Waals surface area contributed by atoms with E-state index in [4.69, 9.17) is 9.40 Å². The van der Waals surface area contributed by atoms with Crippen LogP contribution in [0.3, 0.4) is 0 Å². The molecule has 0 aliphatic heterocycles. The fraction of sp³-hybridized carbons (Fsp3) is 0. The van der Waals surface area contributed by atoms with Crippen molar-refractivity contribution >= 4 is 43.4 Å². The summed E-state index contributed by atoms with van der Waals surface area (Å²) in [6.07, 6.45) is 0. The van der Waals surface area contributed by atoms with Crippen molar-refractivity contribution in [3.05, 3.63) is 77.0 Å². The number of fused-ring (bicyclic) bond motifs is 3. The molecule has 0 amide bonds. The van der Waals surface area contributed by atoms with E-state index in [2.05, 4.69) is 12.1 Å². The van der Waals surface area contributed by atoms with E-state index in [0.29, 0.717) is 16.7 Å². The molecule has 0 spiro atoms. The lowest BCUT2D eigenvalue weighted by atomic mass is 10.2. The van der Waals surface area contributed by atoms with Gasteiger partial charge in [0, 0.05) is 16.8 Å². The molecule has 0 fully saturated rings. The van der Waals surface area contributed by atoms with Crippen LogP contribution in [0.15, 0.2) is 75.9 Å². The number of rotatable bonds is 1. The Morgan fingerprint density at radius 1 is 0.875 bits per heavy atom. The molecule has 5 rings (SSSR count). The molecule has 0 bridgehead atoms. The fourth-order valence-electron chi connectivity index (χ4n) is 2.92. The minimum Gasteiger partial charge on any atom is -0.455 e. The van der Waals surface area contributed by atoms with Crippen LogP contribution in [-0.2, 0) is 0 Å². The van der Waals surface area contributed by atoms with Crippen LogP contribution >= 0.6 is 11.3 Å². The van der Waals surface area contributed by atoms with Crippen LogP contribution < -0.4 is 5.43 Å². The van der Waals surface area contributed by atoms with Crippen molar-refractivity contribution in [3.63, 3.8) is 0 Å². The van der Waals surface area contributed by atoms with Crippen molar-refractivity contribution in [2.24, 2.45) is 0 Å². The van der Waals surface area contributed by atoms with Gasteiger partial charge in [-0.05, 0) is 30.3 Å². The Morgan fingerprint density at radius 3 is 2.67 bits per heavy atom. The van der Waals surface area contributed by atoms with Gasteiger partial charge in [0.25, 0.3) is 0 Å². The lowest BCUT2D eigenvalue weighted by Crippen LogP contribution is -1.99. The third-order valence-corrected chi connectivity index (χ3v) is 5.15. The number of hydrogen-bond donors (Lipinski definition) is 0. The standard InChI is InChI=1S/C20H11NO2S/c22-16-11-18(23-17-8-4-2-6-14(16)17)19-10-13-9-12-5-1-3-7-15(12)21-20(13)24-19/h1-11H. The highest BCUT2D eigenvalue weighted by atomic mass is 32.1. The van der Waals surface area contributed by atoms with Gasteiger partial charge in [0.15, 0.2) is 5.43 Å². The van der Waals surface area contributed by atoms with Gasteiger partial charge in [-0.2, -0.15) is 0 Å². The van der Waals surface area contributed by atoms with Gasteiger partial charge in [-0.3, -0.25) is 4.79 Å². The molecule has 0 unspecified atom stereocenters. The minimum atomic E-state index is -0.0255. The van der Waals surface area contributed by atoms with E-state index >= 15 is 0 Å². The Kier molecular flexibility index (Phi) is 2.81. The maximum atomic E-state index is 12.3. The second kappa shape index (κ2) is 5.01. The second-order valence-corrected chi connectivity index (χ2v) is 6.69. The van der Waals surface area contributed by atoms with Gasteiger partial charge in [0.2, 0.25) is 0 Å². The molecule has 0 aliphatic carbocycles. The van der Waals surface area contributed by atoms with E-state index in [0.717, 1.165) is 26.0 Å². The van der Waals surface area contributed by atoms with Crippen molar-refractivity contribution in [2.75, 3.05) is 0 Å². The van der Waals surface area contributed by atoms with Crippen molar-refractivity contribution in [3.8, 4) is 10.6 Å². The molecule has 3 heterocycles. The van der Waals surface area contributed by atoms with Gasteiger partial charge in [-0.1, -0.05) is 30.3 Å². The van der Waals surface area contributed by atoms with E-state index in [-0.39, 0.29) is 5.43 Å². The summed E-state index contributed by atoms with van der Waals surface area (Å²) in [5.74, 6) is 0.589. The predicted molar refractivity (Wildman–Crippen MR) is 98.6 cm³/mol. The van der Waals surface area contributed by atoms with Crippen molar-refractivity contribution in [2.45, 2.75) is 0 Å². The van der Waals surface area contributed by atoms with Crippen molar-refractivity contribution in [1.29, 1.82) is 0 Å². The fourth-order valence-corrected chi connectivity index (χ4v) is 3.90. The molecule has 0 saturated carbocycles. The summed E-state index contributed by atoms with van der Waals surface area (Å²) < 4.78 is 5.94. The third-order valence-electron chi connectivity index (χ3n) is 4.09. The monoisotopic (exact) mass is 329 g/mol. The smallest absolute Gasteiger partial charge is 0.193 e. The molecule has 24 heavy (non-hydrogen) atoms. The highest BCUT2D eigenvalue weighted by Gasteiger charge is 2.11. The first kappa shape index (κ1) is 13.5. The number of nitrogens with zero attached hydrogens (tertiary/aromatic N) is 1. The Balaban J connectivity index is 1.76. The quantitative estimate of drug-likeness (QED) is 0.423. The zero-order chi connectivity index (χ0) is 16.1. The van der Waals surface area contributed by atoms with Crippen LogP contribution in [-0.4, -0.2) is 4.98 Å². The summed E-state index contributed by atoms with van der Waals surface area (Å²) in [5.41, 5.74) is 1.55. The molecule has 114 valence electrons. The van der Waals surface area contributed by atoms with E-state index in [1.54, 1.807) is 12.1 Å².